The Morgan fingerprint density at radius 2 is 2.47 bits per heavy atom. The smallest absolute Gasteiger partial charge is 0.254 e. The highest BCUT2D eigenvalue weighted by Gasteiger charge is 2.22. The summed E-state index contributed by atoms with van der Waals surface area (Å²) in [5, 5.41) is 2.48. The minimum atomic E-state index is 0.170. The van der Waals surface area contributed by atoms with Crippen LogP contribution in [0, 0.1) is 0 Å². The molecule has 2 rings (SSSR count). The van der Waals surface area contributed by atoms with Crippen LogP contribution >= 0.6 is 39.0 Å². The monoisotopic (exact) mass is 305 g/mol. The molecule has 1 atom stereocenters. The van der Waals surface area contributed by atoms with Crippen molar-refractivity contribution in [1.82, 2.24) is 4.90 Å². The Balaban J connectivity index is 2.07. The topological polar surface area (TPSA) is 20.3 Å². The highest BCUT2D eigenvalue weighted by atomic mass is 79.9. The Morgan fingerprint density at radius 3 is 3.07 bits per heavy atom. The first-order chi connectivity index (χ1) is 7.16. The van der Waals surface area contributed by atoms with Gasteiger partial charge in [-0.3, -0.25) is 4.79 Å². The summed E-state index contributed by atoms with van der Waals surface area (Å²) < 4.78 is 1.02. The molecule has 0 aromatic carbocycles. The van der Waals surface area contributed by atoms with Crippen LogP contribution in [0.3, 0.4) is 0 Å². The minimum absolute atomic E-state index is 0.170. The highest BCUT2D eigenvalue weighted by Crippen LogP contribution is 2.24. The van der Waals surface area contributed by atoms with E-state index >= 15 is 0 Å². The van der Waals surface area contributed by atoms with Crippen LogP contribution in [0.4, 0.5) is 0 Å². The van der Waals surface area contributed by atoms with Crippen LogP contribution in [0.15, 0.2) is 15.2 Å². The van der Waals surface area contributed by atoms with Gasteiger partial charge in [-0.15, -0.1) is 11.3 Å². The number of halogens is 1. The number of hydrogen-bond donors (Lipinski definition) is 0. The van der Waals surface area contributed by atoms with E-state index in [1.807, 2.05) is 28.1 Å². The van der Waals surface area contributed by atoms with Crippen LogP contribution in [-0.4, -0.2) is 34.9 Å². The van der Waals surface area contributed by atoms with Gasteiger partial charge in [0, 0.05) is 29.5 Å². The van der Waals surface area contributed by atoms with Crippen molar-refractivity contribution in [2.75, 3.05) is 18.8 Å². The zero-order valence-electron chi connectivity index (χ0n) is 8.40. The van der Waals surface area contributed by atoms with E-state index in [2.05, 4.69) is 22.9 Å². The van der Waals surface area contributed by atoms with Gasteiger partial charge in [0.15, 0.2) is 0 Å². The van der Waals surface area contributed by atoms with Crippen molar-refractivity contribution in [3.63, 3.8) is 0 Å². The second-order valence-electron chi connectivity index (χ2n) is 3.57. The molecule has 0 radical (unpaired) electrons. The molecule has 1 saturated heterocycles. The molecule has 2 heterocycles. The van der Waals surface area contributed by atoms with Crippen LogP contribution < -0.4 is 0 Å². The number of hydrogen-bond acceptors (Lipinski definition) is 3. The number of rotatable bonds is 1. The molecule has 1 unspecified atom stereocenters. The molecule has 1 aromatic rings. The molecule has 0 spiro atoms. The van der Waals surface area contributed by atoms with Gasteiger partial charge < -0.3 is 4.90 Å². The van der Waals surface area contributed by atoms with E-state index in [0.717, 1.165) is 28.2 Å². The van der Waals surface area contributed by atoms with E-state index < -0.39 is 0 Å². The Morgan fingerprint density at radius 1 is 1.67 bits per heavy atom. The van der Waals surface area contributed by atoms with Crippen LogP contribution in [-0.2, 0) is 0 Å². The molecular formula is C10H12BrNOS2. The molecule has 82 valence electrons. The number of carbonyl (C=O) groups excluding carboxylic acids is 1. The Bertz CT molecular complexity index is 366. The zero-order chi connectivity index (χ0) is 10.8. The van der Waals surface area contributed by atoms with Crippen molar-refractivity contribution in [2.45, 2.75) is 12.2 Å². The molecule has 2 nitrogen and oxygen atoms in total. The van der Waals surface area contributed by atoms with Crippen molar-refractivity contribution < 1.29 is 4.79 Å². The van der Waals surface area contributed by atoms with Crippen molar-refractivity contribution >= 4 is 44.9 Å². The average molecular weight is 306 g/mol. The lowest BCUT2D eigenvalue weighted by Gasteiger charge is -2.30. The fourth-order valence-electron chi connectivity index (χ4n) is 1.61. The molecular weight excluding hydrogens is 294 g/mol. The molecule has 1 aliphatic heterocycles. The summed E-state index contributed by atoms with van der Waals surface area (Å²) in [6, 6.07) is 1.90. The van der Waals surface area contributed by atoms with Gasteiger partial charge in [-0.1, -0.05) is 6.92 Å². The fraction of sp³-hybridized carbons (Fsp3) is 0.500. The quantitative estimate of drug-likeness (QED) is 0.795. The van der Waals surface area contributed by atoms with Crippen molar-refractivity contribution in [3.8, 4) is 0 Å². The van der Waals surface area contributed by atoms with Gasteiger partial charge in [-0.25, -0.2) is 0 Å². The third kappa shape index (κ3) is 2.77. The molecule has 0 bridgehead atoms. The van der Waals surface area contributed by atoms with Crippen LogP contribution in [0.2, 0.25) is 0 Å². The van der Waals surface area contributed by atoms with Gasteiger partial charge in [0.25, 0.3) is 5.91 Å². The maximum atomic E-state index is 12.1. The van der Waals surface area contributed by atoms with Gasteiger partial charge >= 0.3 is 0 Å². The summed E-state index contributed by atoms with van der Waals surface area (Å²) in [5.74, 6) is 1.22. The van der Waals surface area contributed by atoms with E-state index in [1.165, 1.54) is 0 Å². The minimum Gasteiger partial charge on any atom is -0.337 e. The largest absolute Gasteiger partial charge is 0.337 e. The van der Waals surface area contributed by atoms with Crippen LogP contribution in [0.5, 0.6) is 0 Å². The molecule has 1 amide bonds. The molecule has 0 aliphatic carbocycles. The van der Waals surface area contributed by atoms with Gasteiger partial charge in [0.1, 0.15) is 0 Å². The molecule has 1 aliphatic rings. The summed E-state index contributed by atoms with van der Waals surface area (Å²) >= 11 is 6.88. The number of thioether (sulfide) groups is 1. The molecule has 5 heteroatoms. The summed E-state index contributed by atoms with van der Waals surface area (Å²) in [6.45, 7) is 3.92. The van der Waals surface area contributed by atoms with Crippen molar-refractivity contribution in [1.29, 1.82) is 0 Å². The van der Waals surface area contributed by atoms with Gasteiger partial charge in [0.2, 0.25) is 0 Å². The summed E-state index contributed by atoms with van der Waals surface area (Å²) in [5.41, 5.74) is 0.811. The normalized spacial score (nSPS) is 21.7. The molecule has 15 heavy (non-hydrogen) atoms. The molecule has 0 N–H and O–H groups in total. The fourth-order valence-corrected chi connectivity index (χ4v) is 3.75. The highest BCUT2D eigenvalue weighted by molar-refractivity contribution is 9.11. The number of nitrogens with zero attached hydrogens (tertiary/aromatic N) is 1. The average Bonchev–Trinajstić information content (AvgIpc) is 2.64. The van der Waals surface area contributed by atoms with E-state index in [-0.39, 0.29) is 5.91 Å². The molecule has 1 aromatic heterocycles. The van der Waals surface area contributed by atoms with Crippen LogP contribution in [0.1, 0.15) is 17.3 Å². The Labute approximate surface area is 106 Å². The van der Waals surface area contributed by atoms with E-state index in [0.29, 0.717) is 5.25 Å². The second-order valence-corrected chi connectivity index (χ2v) is 7.41. The predicted octanol–water partition coefficient (Wildman–Crippen LogP) is 3.09. The Hall–Kier alpha value is -0.000000000000000111. The zero-order valence-corrected chi connectivity index (χ0v) is 11.6. The Kier molecular flexibility index (Phi) is 3.74. The SMILES string of the molecule is CC1CN(C(=O)c2csc(Br)c2)CCS1. The standard InChI is InChI=1S/C10H12BrNOS2/c1-7-5-12(2-3-14-7)10(13)8-4-9(11)15-6-8/h4,6-7H,2-3,5H2,1H3. The van der Waals surface area contributed by atoms with Crippen molar-refractivity contribution in [3.05, 3.63) is 20.8 Å². The molecule has 1 fully saturated rings. The first kappa shape index (κ1) is 11.5. The van der Waals surface area contributed by atoms with Gasteiger partial charge in [-0.2, -0.15) is 11.8 Å². The summed E-state index contributed by atoms with van der Waals surface area (Å²) in [4.78, 5) is 14.0. The predicted molar refractivity (Wildman–Crippen MR) is 69.8 cm³/mol. The number of thiophene rings is 1. The lowest BCUT2D eigenvalue weighted by molar-refractivity contribution is 0.0763. The van der Waals surface area contributed by atoms with E-state index in [4.69, 9.17) is 0 Å². The number of amides is 1. The lowest BCUT2D eigenvalue weighted by Crippen LogP contribution is -2.40. The lowest BCUT2D eigenvalue weighted by atomic mass is 10.2. The van der Waals surface area contributed by atoms with E-state index in [9.17, 15) is 4.79 Å². The first-order valence-corrected chi connectivity index (χ1v) is 7.54. The third-order valence-electron chi connectivity index (χ3n) is 2.34. The summed E-state index contributed by atoms with van der Waals surface area (Å²) in [6.07, 6.45) is 0. The third-order valence-corrected chi connectivity index (χ3v) is 4.98. The maximum Gasteiger partial charge on any atom is 0.254 e. The van der Waals surface area contributed by atoms with E-state index in [1.54, 1.807) is 11.3 Å². The second kappa shape index (κ2) is 4.89. The first-order valence-electron chi connectivity index (χ1n) is 4.81. The summed E-state index contributed by atoms with van der Waals surface area (Å²) in [7, 11) is 0. The van der Waals surface area contributed by atoms with Crippen molar-refractivity contribution in [2.24, 2.45) is 0 Å². The maximum absolute atomic E-state index is 12.1. The van der Waals surface area contributed by atoms with Gasteiger partial charge in [-0.05, 0) is 22.0 Å². The van der Waals surface area contributed by atoms with Crippen LogP contribution in [0.25, 0.3) is 0 Å². The van der Waals surface area contributed by atoms with Gasteiger partial charge in [0.05, 0.1) is 9.35 Å². The number of carbonyl (C=O) groups is 1. The molecule has 0 saturated carbocycles.